The molecule has 0 saturated heterocycles. The molecule has 1 atom stereocenters. The number of hydrogen-bond acceptors (Lipinski definition) is 0. The van der Waals surface area contributed by atoms with Gasteiger partial charge in [0.1, 0.15) is 0 Å². The van der Waals surface area contributed by atoms with Crippen molar-refractivity contribution in [3.8, 4) is 0 Å². The maximum absolute atomic E-state index is 2.61. The maximum Gasteiger partial charge on any atom is 0.0877 e. The quantitative estimate of drug-likeness (QED) is 0.168. The Balaban J connectivity index is 4.94. The minimum Gasteiger partial charge on any atom is -0.328 e. The van der Waals surface area contributed by atoms with Crippen LogP contribution in [0, 0.1) is 11.3 Å². The molecular weight excluding hydrogens is 290 g/mol. The Morgan fingerprint density at radius 1 is 0.833 bits per heavy atom. The first-order valence-electron chi connectivity index (χ1n) is 10.8. The summed E-state index contributed by atoms with van der Waals surface area (Å²) in [6.45, 7) is 14.4. The van der Waals surface area contributed by atoms with Crippen LogP contribution >= 0.6 is 0 Å². The lowest BCUT2D eigenvalue weighted by molar-refractivity contribution is -0.896. The van der Waals surface area contributed by atoms with Crippen LogP contribution in [0.3, 0.4) is 0 Å². The van der Waals surface area contributed by atoms with Crippen LogP contribution in [0.5, 0.6) is 0 Å². The number of nitrogens with zero attached hydrogens (tertiary/aromatic N) is 1. The molecule has 0 spiro atoms. The van der Waals surface area contributed by atoms with E-state index in [0.29, 0.717) is 5.41 Å². The second-order valence-electron chi connectivity index (χ2n) is 8.91. The first-order valence-corrected chi connectivity index (χ1v) is 10.8. The molecule has 0 amide bonds. The largest absolute Gasteiger partial charge is 0.328 e. The van der Waals surface area contributed by atoms with Crippen molar-refractivity contribution >= 4 is 0 Å². The van der Waals surface area contributed by atoms with E-state index in [0.717, 1.165) is 10.4 Å². The van der Waals surface area contributed by atoms with Gasteiger partial charge in [-0.15, -0.1) is 0 Å². The Kier molecular flexibility index (Phi) is 12.8. The highest BCUT2D eigenvalue weighted by atomic mass is 15.3. The van der Waals surface area contributed by atoms with Crippen LogP contribution in [-0.2, 0) is 0 Å². The molecule has 0 saturated carbocycles. The van der Waals surface area contributed by atoms with Crippen molar-refractivity contribution in [3.05, 3.63) is 12.2 Å². The topological polar surface area (TPSA) is 0 Å². The zero-order chi connectivity index (χ0) is 18.5. The van der Waals surface area contributed by atoms with Crippen molar-refractivity contribution in [1.29, 1.82) is 0 Å². The zero-order valence-electron chi connectivity index (χ0n) is 18.2. The fraction of sp³-hybridized carbons (Fsp3) is 0.913. The van der Waals surface area contributed by atoms with Crippen molar-refractivity contribution in [2.75, 3.05) is 27.2 Å². The molecule has 0 rings (SSSR count). The summed E-state index contributed by atoms with van der Waals surface area (Å²) in [5.74, 6) is 0.718. The Hall–Kier alpha value is -0.300. The summed E-state index contributed by atoms with van der Waals surface area (Å²) in [4.78, 5) is 0. The molecule has 0 N–H and O–H groups in total. The second-order valence-corrected chi connectivity index (χ2v) is 8.91. The standard InChI is InChI=1S/C23H48N/c1-8-11-13-14-15-17-19-23(22(4)5,18-16-12-9-2)21-24(6,7)20-10-3/h16,18,22H,8-15,17,19-21H2,1-7H3/q+1. The van der Waals surface area contributed by atoms with Gasteiger partial charge in [0.05, 0.1) is 27.2 Å². The van der Waals surface area contributed by atoms with E-state index in [2.05, 4.69) is 60.9 Å². The molecule has 0 aliphatic carbocycles. The number of quaternary nitrogens is 1. The van der Waals surface area contributed by atoms with Crippen molar-refractivity contribution in [1.82, 2.24) is 0 Å². The molecule has 0 fully saturated rings. The average molecular weight is 339 g/mol. The second kappa shape index (κ2) is 13.0. The van der Waals surface area contributed by atoms with Crippen LogP contribution in [0.2, 0.25) is 0 Å². The van der Waals surface area contributed by atoms with Gasteiger partial charge < -0.3 is 4.48 Å². The van der Waals surface area contributed by atoms with E-state index in [1.54, 1.807) is 0 Å². The summed E-state index contributed by atoms with van der Waals surface area (Å²) in [5, 5.41) is 0. The molecule has 0 aliphatic rings. The third-order valence-electron chi connectivity index (χ3n) is 5.60. The Labute approximate surface area is 154 Å². The summed E-state index contributed by atoms with van der Waals surface area (Å²) in [7, 11) is 4.85. The van der Waals surface area contributed by atoms with Crippen molar-refractivity contribution in [3.63, 3.8) is 0 Å². The van der Waals surface area contributed by atoms with Gasteiger partial charge in [-0.2, -0.15) is 0 Å². The molecular formula is C23H48N+. The monoisotopic (exact) mass is 338 g/mol. The van der Waals surface area contributed by atoms with Crippen LogP contribution in [-0.4, -0.2) is 31.7 Å². The van der Waals surface area contributed by atoms with Gasteiger partial charge in [-0.3, -0.25) is 0 Å². The SMILES string of the molecule is CCCC=CC(CCCCCCCC)(C[N+](C)(C)CCC)C(C)C. The summed E-state index contributed by atoms with van der Waals surface area (Å²) in [6.07, 6.45) is 18.6. The highest BCUT2D eigenvalue weighted by molar-refractivity contribution is 5.02. The lowest BCUT2D eigenvalue weighted by Gasteiger charge is -2.42. The number of hydrogen-bond donors (Lipinski definition) is 0. The van der Waals surface area contributed by atoms with Crippen LogP contribution < -0.4 is 0 Å². The Morgan fingerprint density at radius 3 is 2.00 bits per heavy atom. The molecule has 0 bridgehead atoms. The first-order chi connectivity index (χ1) is 11.3. The predicted molar refractivity (Wildman–Crippen MR) is 111 cm³/mol. The molecule has 24 heavy (non-hydrogen) atoms. The predicted octanol–water partition coefficient (Wildman–Crippen LogP) is 7.22. The molecule has 0 heterocycles. The summed E-state index contributed by atoms with van der Waals surface area (Å²) in [6, 6.07) is 0. The first kappa shape index (κ1) is 23.7. The van der Waals surface area contributed by atoms with E-state index >= 15 is 0 Å². The molecule has 1 nitrogen and oxygen atoms in total. The normalized spacial score (nSPS) is 15.3. The fourth-order valence-electron chi connectivity index (χ4n) is 4.08. The number of unbranched alkanes of at least 4 members (excludes halogenated alkanes) is 6. The van der Waals surface area contributed by atoms with Crippen LogP contribution in [0.1, 0.15) is 98.8 Å². The Bertz CT molecular complexity index is 316. The van der Waals surface area contributed by atoms with E-state index in [1.807, 2.05) is 0 Å². The average Bonchev–Trinajstić information content (AvgIpc) is 2.50. The summed E-state index contributed by atoms with van der Waals surface area (Å²) >= 11 is 0. The molecule has 1 unspecified atom stereocenters. The van der Waals surface area contributed by atoms with Gasteiger partial charge in [0.2, 0.25) is 0 Å². The maximum atomic E-state index is 2.61. The van der Waals surface area contributed by atoms with Gasteiger partial charge in [0, 0.05) is 5.41 Å². The lowest BCUT2D eigenvalue weighted by atomic mass is 9.72. The summed E-state index contributed by atoms with van der Waals surface area (Å²) in [5.41, 5.74) is 0.374. The molecule has 0 aliphatic heterocycles. The highest BCUT2D eigenvalue weighted by Gasteiger charge is 2.37. The molecule has 144 valence electrons. The minimum atomic E-state index is 0.374. The molecule has 0 aromatic rings. The third kappa shape index (κ3) is 9.87. The van der Waals surface area contributed by atoms with Crippen LogP contribution in [0.25, 0.3) is 0 Å². The van der Waals surface area contributed by atoms with Crippen molar-refractivity contribution in [2.45, 2.75) is 98.8 Å². The molecule has 1 heteroatoms. The lowest BCUT2D eigenvalue weighted by Crippen LogP contribution is -2.50. The van der Waals surface area contributed by atoms with E-state index in [9.17, 15) is 0 Å². The number of allylic oxidation sites excluding steroid dienone is 1. The van der Waals surface area contributed by atoms with E-state index in [1.165, 1.54) is 77.3 Å². The molecule has 0 aromatic heterocycles. The van der Waals surface area contributed by atoms with Gasteiger partial charge >= 0.3 is 0 Å². The van der Waals surface area contributed by atoms with E-state index in [-0.39, 0.29) is 0 Å². The highest BCUT2D eigenvalue weighted by Crippen LogP contribution is 2.38. The van der Waals surface area contributed by atoms with E-state index in [4.69, 9.17) is 0 Å². The third-order valence-corrected chi connectivity index (χ3v) is 5.60. The summed E-state index contributed by atoms with van der Waals surface area (Å²) < 4.78 is 1.15. The molecule has 0 aromatic carbocycles. The fourth-order valence-corrected chi connectivity index (χ4v) is 4.08. The van der Waals surface area contributed by atoms with Gasteiger partial charge in [-0.25, -0.2) is 0 Å². The smallest absolute Gasteiger partial charge is 0.0877 e. The van der Waals surface area contributed by atoms with E-state index < -0.39 is 0 Å². The van der Waals surface area contributed by atoms with Gasteiger partial charge in [0.15, 0.2) is 0 Å². The van der Waals surface area contributed by atoms with Gasteiger partial charge in [-0.05, 0) is 25.2 Å². The van der Waals surface area contributed by atoms with Crippen LogP contribution in [0.4, 0.5) is 0 Å². The number of rotatable bonds is 15. The van der Waals surface area contributed by atoms with Crippen molar-refractivity contribution < 1.29 is 4.48 Å². The molecule has 0 radical (unpaired) electrons. The minimum absolute atomic E-state index is 0.374. The Morgan fingerprint density at radius 2 is 1.46 bits per heavy atom. The van der Waals surface area contributed by atoms with Gasteiger partial charge in [0.25, 0.3) is 0 Å². The van der Waals surface area contributed by atoms with Crippen molar-refractivity contribution in [2.24, 2.45) is 11.3 Å². The zero-order valence-corrected chi connectivity index (χ0v) is 18.2. The van der Waals surface area contributed by atoms with Crippen LogP contribution in [0.15, 0.2) is 12.2 Å². The van der Waals surface area contributed by atoms with Gasteiger partial charge in [-0.1, -0.05) is 91.7 Å².